The number of aryl methyl sites for hydroxylation is 1. The number of Topliss-reactive ketones (excluding diaryl/α,β-unsaturated/α-hetero) is 1. The first-order valence-electron chi connectivity index (χ1n) is 14.3. The minimum absolute atomic E-state index is 0.0929. The monoisotopic (exact) mass is 656 g/mol. The van der Waals surface area contributed by atoms with E-state index in [0.717, 1.165) is 19.3 Å². The molecule has 2 saturated carbocycles. The molecule has 4 atom stereocenters. The number of carbonyl (C=O) groups is 4. The molecule has 4 aromatic rings. The maximum absolute atomic E-state index is 13.4. The van der Waals surface area contributed by atoms with Gasteiger partial charge in [0.15, 0.2) is 12.4 Å². The highest BCUT2D eigenvalue weighted by Crippen LogP contribution is 2.56. The predicted octanol–water partition coefficient (Wildman–Crippen LogP) is 7.20. The van der Waals surface area contributed by atoms with Gasteiger partial charge in [0.05, 0.1) is 39.3 Å². The van der Waals surface area contributed by atoms with Crippen LogP contribution in [0.5, 0.6) is 0 Å². The Kier molecular flexibility index (Phi) is 6.94. The summed E-state index contributed by atoms with van der Waals surface area (Å²) < 4.78 is 6.08. The van der Waals surface area contributed by atoms with Crippen LogP contribution in [-0.2, 0) is 14.3 Å². The van der Waals surface area contributed by atoms with Crippen LogP contribution in [0, 0.1) is 30.6 Å². The standard InChI is InChI=1S/C34H26BrClN2O5/c1-17-30(36)25(35)14-23-24(34(42)43-16-27(39)19-5-3-2-4-6-19)15-26(37-31(17)23)18-9-11-22(12-10-18)38-32(40)28-20-7-8-21(13-20)29(28)33(38)41/h2-6,9-12,14-15,20-21,28-29H,7-8,13,16H2,1H3. The van der Waals surface area contributed by atoms with Gasteiger partial charge < -0.3 is 4.74 Å². The van der Waals surface area contributed by atoms with Crippen molar-refractivity contribution < 1.29 is 23.9 Å². The van der Waals surface area contributed by atoms with Crippen LogP contribution in [0.3, 0.4) is 0 Å². The second kappa shape index (κ2) is 10.7. The smallest absolute Gasteiger partial charge is 0.339 e. The van der Waals surface area contributed by atoms with Crippen LogP contribution in [0.2, 0.25) is 5.02 Å². The summed E-state index contributed by atoms with van der Waals surface area (Å²) in [5, 5.41) is 0.998. The maximum atomic E-state index is 13.4. The van der Waals surface area contributed by atoms with Crippen molar-refractivity contribution in [2.75, 3.05) is 11.5 Å². The van der Waals surface area contributed by atoms with Crippen LogP contribution in [0.4, 0.5) is 5.69 Å². The van der Waals surface area contributed by atoms with Crippen LogP contribution in [-0.4, -0.2) is 35.2 Å². The van der Waals surface area contributed by atoms with E-state index >= 15 is 0 Å². The maximum Gasteiger partial charge on any atom is 0.339 e. The molecule has 216 valence electrons. The van der Waals surface area contributed by atoms with E-state index in [1.54, 1.807) is 66.7 Å². The molecule has 0 radical (unpaired) electrons. The fourth-order valence-electron chi connectivity index (χ4n) is 7.14. The van der Waals surface area contributed by atoms with Gasteiger partial charge in [-0.2, -0.15) is 0 Å². The highest BCUT2D eigenvalue weighted by atomic mass is 79.9. The summed E-state index contributed by atoms with van der Waals surface area (Å²) in [7, 11) is 0. The Labute approximate surface area is 261 Å². The van der Waals surface area contributed by atoms with E-state index in [2.05, 4.69) is 15.9 Å². The zero-order valence-corrected chi connectivity index (χ0v) is 25.5. The molecule has 2 amide bonds. The lowest BCUT2D eigenvalue weighted by Crippen LogP contribution is -2.32. The molecule has 3 fully saturated rings. The second-order valence-corrected chi connectivity index (χ2v) is 12.8. The summed E-state index contributed by atoms with van der Waals surface area (Å²) in [6, 6.07) is 19.1. The molecule has 0 spiro atoms. The van der Waals surface area contributed by atoms with Crippen molar-refractivity contribution in [1.82, 2.24) is 4.98 Å². The summed E-state index contributed by atoms with van der Waals surface area (Å²) in [6.45, 7) is 1.41. The molecule has 1 saturated heterocycles. The molecule has 3 aliphatic rings. The van der Waals surface area contributed by atoms with Gasteiger partial charge in [0.25, 0.3) is 0 Å². The molecular weight excluding hydrogens is 632 g/mol. The van der Waals surface area contributed by atoms with E-state index in [-0.39, 0.29) is 35.0 Å². The highest BCUT2D eigenvalue weighted by molar-refractivity contribution is 9.10. The van der Waals surface area contributed by atoms with Crippen LogP contribution in [0.25, 0.3) is 22.2 Å². The lowest BCUT2D eigenvalue weighted by atomic mass is 9.81. The molecule has 9 heteroatoms. The van der Waals surface area contributed by atoms with Gasteiger partial charge in [-0.1, -0.05) is 54.1 Å². The van der Waals surface area contributed by atoms with Crippen molar-refractivity contribution in [3.05, 3.63) is 92.9 Å². The molecule has 2 aliphatic carbocycles. The van der Waals surface area contributed by atoms with Crippen molar-refractivity contribution in [2.45, 2.75) is 26.2 Å². The number of imide groups is 1. The first-order valence-corrected chi connectivity index (χ1v) is 15.4. The molecule has 7 nitrogen and oxygen atoms in total. The van der Waals surface area contributed by atoms with Gasteiger partial charge in [-0.3, -0.25) is 19.3 Å². The molecule has 1 aliphatic heterocycles. The van der Waals surface area contributed by atoms with Crippen LogP contribution in [0.1, 0.15) is 45.5 Å². The number of esters is 1. The van der Waals surface area contributed by atoms with Crippen LogP contribution < -0.4 is 4.90 Å². The van der Waals surface area contributed by atoms with Gasteiger partial charge in [-0.25, -0.2) is 9.78 Å². The van der Waals surface area contributed by atoms with E-state index in [4.69, 9.17) is 21.3 Å². The van der Waals surface area contributed by atoms with Crippen molar-refractivity contribution in [3.8, 4) is 11.3 Å². The molecule has 3 aromatic carbocycles. The molecule has 2 bridgehead atoms. The Morgan fingerprint density at radius 3 is 2.28 bits per heavy atom. The number of ketones is 1. The number of carbonyl (C=O) groups excluding carboxylic acids is 4. The van der Waals surface area contributed by atoms with E-state index < -0.39 is 12.6 Å². The summed E-state index contributed by atoms with van der Waals surface area (Å²) in [4.78, 5) is 58.8. The van der Waals surface area contributed by atoms with E-state index in [1.165, 1.54) is 4.90 Å². The predicted molar refractivity (Wildman–Crippen MR) is 166 cm³/mol. The highest BCUT2D eigenvalue weighted by Gasteiger charge is 2.61. The minimum atomic E-state index is -0.669. The summed E-state index contributed by atoms with van der Waals surface area (Å²) in [6.07, 6.45) is 3.03. The van der Waals surface area contributed by atoms with Gasteiger partial charge in [0.1, 0.15) is 0 Å². The number of ether oxygens (including phenoxy) is 1. The third-order valence-corrected chi connectivity index (χ3v) is 10.6. The van der Waals surface area contributed by atoms with Gasteiger partial charge in [0.2, 0.25) is 11.8 Å². The lowest BCUT2D eigenvalue weighted by Gasteiger charge is -2.19. The number of hydrogen-bond acceptors (Lipinski definition) is 6. The molecule has 0 N–H and O–H groups in total. The van der Waals surface area contributed by atoms with Crippen molar-refractivity contribution in [3.63, 3.8) is 0 Å². The number of aromatic nitrogens is 1. The molecule has 2 heterocycles. The van der Waals surface area contributed by atoms with E-state index in [1.807, 2.05) is 6.92 Å². The second-order valence-electron chi connectivity index (χ2n) is 11.6. The number of fused-ring (bicyclic) bond motifs is 6. The number of nitrogens with zero attached hydrogens (tertiary/aromatic N) is 2. The van der Waals surface area contributed by atoms with E-state index in [9.17, 15) is 19.2 Å². The fourth-order valence-corrected chi connectivity index (χ4v) is 7.81. The van der Waals surface area contributed by atoms with Gasteiger partial charge >= 0.3 is 5.97 Å². The Bertz CT molecular complexity index is 1810. The average Bonchev–Trinajstić information content (AvgIpc) is 3.72. The Hall–Kier alpha value is -3.88. The number of amides is 2. The number of rotatable bonds is 6. The molecule has 43 heavy (non-hydrogen) atoms. The number of pyridine rings is 1. The van der Waals surface area contributed by atoms with Gasteiger partial charge in [0, 0.05) is 21.0 Å². The van der Waals surface area contributed by atoms with E-state index in [0.29, 0.717) is 60.3 Å². The number of anilines is 1. The van der Waals surface area contributed by atoms with Gasteiger partial charge in [-0.15, -0.1) is 0 Å². The van der Waals surface area contributed by atoms with Crippen LogP contribution in [0.15, 0.2) is 71.2 Å². The SMILES string of the molecule is Cc1c(Cl)c(Br)cc2c(C(=O)OCC(=O)c3ccccc3)cc(-c3ccc(N4C(=O)C5C6CCC(C6)C5C4=O)cc3)nc12. The van der Waals surface area contributed by atoms with Crippen molar-refractivity contribution in [1.29, 1.82) is 0 Å². The first kappa shape index (κ1) is 27.9. The summed E-state index contributed by atoms with van der Waals surface area (Å²) >= 11 is 9.99. The quantitative estimate of drug-likeness (QED) is 0.124. The number of hydrogen-bond donors (Lipinski definition) is 0. The van der Waals surface area contributed by atoms with Crippen molar-refractivity contribution >= 4 is 67.7 Å². The molecule has 7 rings (SSSR count). The minimum Gasteiger partial charge on any atom is -0.454 e. The molecule has 1 aromatic heterocycles. The average molecular weight is 658 g/mol. The summed E-state index contributed by atoms with van der Waals surface area (Å²) in [5.74, 6) is -0.925. The fraction of sp³-hybridized carbons (Fsp3) is 0.265. The third-order valence-electron chi connectivity index (χ3n) is 9.22. The van der Waals surface area contributed by atoms with Crippen molar-refractivity contribution in [2.24, 2.45) is 23.7 Å². The Morgan fingerprint density at radius 1 is 0.977 bits per heavy atom. The zero-order chi connectivity index (χ0) is 30.0. The normalized spacial score (nSPS) is 22.3. The van der Waals surface area contributed by atoms with Crippen LogP contribution >= 0.6 is 27.5 Å². The number of halogens is 2. The van der Waals surface area contributed by atoms with Gasteiger partial charge in [-0.05, 0) is 83.8 Å². The largest absolute Gasteiger partial charge is 0.454 e. The molecule has 4 unspecified atom stereocenters. The number of benzene rings is 3. The Morgan fingerprint density at radius 2 is 1.63 bits per heavy atom. The third kappa shape index (κ3) is 4.59. The topological polar surface area (TPSA) is 93.6 Å². The summed E-state index contributed by atoms with van der Waals surface area (Å²) in [5.41, 5.74) is 3.58. The first-order chi connectivity index (χ1) is 20.7. The molecular formula is C34H26BrClN2O5. The lowest BCUT2D eigenvalue weighted by molar-refractivity contribution is -0.123. The zero-order valence-electron chi connectivity index (χ0n) is 23.2. The Balaban J connectivity index is 1.21.